The summed E-state index contributed by atoms with van der Waals surface area (Å²) < 4.78 is 82.7. The number of nitrogens with zero attached hydrogens (tertiary/aromatic N) is 2. The second-order valence-corrected chi connectivity index (χ2v) is 7.22. The van der Waals surface area contributed by atoms with Crippen LogP contribution in [0.5, 0.6) is 0 Å². The summed E-state index contributed by atoms with van der Waals surface area (Å²) in [6, 6.07) is 0.999. The number of nitrogens with one attached hydrogen (secondary N) is 2. The van der Waals surface area contributed by atoms with Gasteiger partial charge in [0.05, 0.1) is 5.39 Å². The van der Waals surface area contributed by atoms with Crippen LogP contribution in [0, 0.1) is 17.5 Å². The number of nitrogens with two attached hydrogens (primary N) is 1. The van der Waals surface area contributed by atoms with Crippen LogP contribution >= 0.6 is 0 Å². The average Bonchev–Trinajstić information content (AvgIpc) is 2.75. The molecule has 0 aliphatic heterocycles. The van der Waals surface area contributed by atoms with E-state index in [0.717, 1.165) is 0 Å². The molecule has 3 rings (SSSR count). The van der Waals surface area contributed by atoms with Gasteiger partial charge in [0.1, 0.15) is 28.9 Å². The van der Waals surface area contributed by atoms with Crippen molar-refractivity contribution in [2.24, 2.45) is 5.73 Å². The Morgan fingerprint density at radius 3 is 2.38 bits per heavy atom. The first-order valence-corrected chi connectivity index (χ1v) is 10.0. The van der Waals surface area contributed by atoms with E-state index in [9.17, 15) is 35.9 Å². The van der Waals surface area contributed by atoms with E-state index in [1.165, 1.54) is 19.1 Å². The molecule has 0 bridgehead atoms. The summed E-state index contributed by atoms with van der Waals surface area (Å²) in [5.74, 6) is -5.25. The third-order valence-corrected chi connectivity index (χ3v) is 4.88. The second kappa shape index (κ2) is 9.71. The van der Waals surface area contributed by atoms with Gasteiger partial charge in [-0.15, -0.1) is 0 Å². The maximum Gasteiger partial charge on any atom is 0.408 e. The summed E-state index contributed by atoms with van der Waals surface area (Å²) in [4.78, 5) is 29.7. The molecule has 34 heavy (non-hydrogen) atoms. The molecule has 0 aliphatic carbocycles. The molecule has 0 radical (unpaired) electrons. The summed E-state index contributed by atoms with van der Waals surface area (Å²) >= 11 is 0. The third-order valence-electron chi connectivity index (χ3n) is 4.88. The first kappa shape index (κ1) is 25.0. The van der Waals surface area contributed by atoms with Crippen LogP contribution in [0.25, 0.3) is 16.7 Å². The lowest BCUT2D eigenvalue weighted by Gasteiger charge is -2.20. The number of halogens is 6. The Morgan fingerprint density at radius 2 is 1.82 bits per heavy atom. The smallest absolute Gasteiger partial charge is 0.369 e. The largest absolute Gasteiger partial charge is 0.408 e. The zero-order valence-corrected chi connectivity index (χ0v) is 17.6. The lowest BCUT2D eigenvalue weighted by atomic mass is 10.1. The molecule has 0 unspecified atom stereocenters. The predicted octanol–water partition coefficient (Wildman–Crippen LogP) is 3.24. The van der Waals surface area contributed by atoms with Gasteiger partial charge in [0.15, 0.2) is 17.3 Å². The van der Waals surface area contributed by atoms with Gasteiger partial charge in [-0.25, -0.2) is 18.2 Å². The predicted molar refractivity (Wildman–Crippen MR) is 112 cm³/mol. The Morgan fingerprint density at radius 1 is 1.18 bits per heavy atom. The molecule has 0 aliphatic rings. The molecule has 182 valence electrons. The van der Waals surface area contributed by atoms with E-state index in [2.05, 4.69) is 10.3 Å². The van der Waals surface area contributed by atoms with Crippen LogP contribution in [0.4, 0.5) is 32.2 Å². The molecule has 1 amide bonds. The van der Waals surface area contributed by atoms with Crippen LogP contribution < -0.4 is 21.8 Å². The number of fused-ring (bicyclic) bond motifs is 1. The number of benzene rings is 1. The van der Waals surface area contributed by atoms with Crippen molar-refractivity contribution in [1.29, 1.82) is 0 Å². The normalized spacial score (nSPS) is 12.6. The van der Waals surface area contributed by atoms with Gasteiger partial charge in [-0.05, 0) is 18.6 Å². The second-order valence-electron chi connectivity index (χ2n) is 7.22. The van der Waals surface area contributed by atoms with Gasteiger partial charge in [0.25, 0.3) is 5.91 Å². The molecule has 0 saturated heterocycles. The molecular formula is C21H19F6N5O2. The van der Waals surface area contributed by atoms with Gasteiger partial charge in [0.2, 0.25) is 5.43 Å². The highest BCUT2D eigenvalue weighted by Crippen LogP contribution is 2.25. The number of alkyl halides is 3. The number of hydrogen-bond acceptors (Lipinski definition) is 5. The van der Waals surface area contributed by atoms with Gasteiger partial charge in [-0.3, -0.25) is 14.2 Å². The number of hydrogen-bond donors (Lipinski definition) is 3. The number of pyridine rings is 2. The number of anilines is 1. The number of carbonyl (C=O) groups is 1. The summed E-state index contributed by atoms with van der Waals surface area (Å²) in [7, 11) is 0. The van der Waals surface area contributed by atoms with Gasteiger partial charge in [-0.1, -0.05) is 6.92 Å². The minimum absolute atomic E-state index is 0.161. The quantitative estimate of drug-likeness (QED) is 0.444. The highest BCUT2D eigenvalue weighted by Gasteiger charge is 2.39. The number of carbonyl (C=O) groups excluding carboxylic acids is 1. The molecular weight excluding hydrogens is 468 g/mol. The zero-order valence-electron chi connectivity index (χ0n) is 17.6. The Bertz CT molecular complexity index is 1270. The highest BCUT2D eigenvalue weighted by atomic mass is 19.4. The topological polar surface area (TPSA) is 102 Å². The summed E-state index contributed by atoms with van der Waals surface area (Å²) in [5, 5.41) is 4.21. The fourth-order valence-electron chi connectivity index (χ4n) is 3.25. The Kier molecular flexibility index (Phi) is 7.15. The maximum atomic E-state index is 14.6. The van der Waals surface area contributed by atoms with Crippen molar-refractivity contribution in [1.82, 2.24) is 14.9 Å². The monoisotopic (exact) mass is 487 g/mol. The van der Waals surface area contributed by atoms with Crippen molar-refractivity contribution < 1.29 is 31.1 Å². The van der Waals surface area contributed by atoms with Crippen molar-refractivity contribution in [3.8, 4) is 5.69 Å². The van der Waals surface area contributed by atoms with Crippen LogP contribution in [0.1, 0.15) is 23.7 Å². The Labute approximate surface area is 188 Å². The zero-order chi connectivity index (χ0) is 25.2. The molecule has 1 aromatic carbocycles. The van der Waals surface area contributed by atoms with Gasteiger partial charge in [-0.2, -0.15) is 13.2 Å². The molecule has 2 heterocycles. The van der Waals surface area contributed by atoms with E-state index in [1.807, 2.05) is 0 Å². The van der Waals surface area contributed by atoms with Crippen LogP contribution in [0.15, 0.2) is 35.3 Å². The minimum atomic E-state index is -4.79. The summed E-state index contributed by atoms with van der Waals surface area (Å²) in [6.45, 7) is 1.66. The van der Waals surface area contributed by atoms with E-state index in [0.29, 0.717) is 22.9 Å². The Hall–Kier alpha value is -3.61. The van der Waals surface area contributed by atoms with E-state index < -0.39 is 58.7 Å². The maximum absolute atomic E-state index is 14.6. The number of amides is 1. The average molecular weight is 487 g/mol. The van der Waals surface area contributed by atoms with Crippen LogP contribution in [-0.4, -0.2) is 40.8 Å². The van der Waals surface area contributed by atoms with Crippen LogP contribution in [0.3, 0.4) is 0 Å². The lowest BCUT2D eigenvalue weighted by Crippen LogP contribution is -2.46. The van der Waals surface area contributed by atoms with Crippen molar-refractivity contribution in [3.63, 3.8) is 0 Å². The molecule has 13 heteroatoms. The molecule has 0 saturated carbocycles. The first-order valence-electron chi connectivity index (χ1n) is 10.0. The number of rotatable bonds is 7. The lowest BCUT2D eigenvalue weighted by molar-refractivity contribution is -0.153. The van der Waals surface area contributed by atoms with Gasteiger partial charge >= 0.3 is 6.18 Å². The highest BCUT2D eigenvalue weighted by molar-refractivity contribution is 5.97. The summed E-state index contributed by atoms with van der Waals surface area (Å²) in [6.07, 6.45) is -4.64. The van der Waals surface area contributed by atoms with E-state index in [4.69, 9.17) is 5.73 Å². The summed E-state index contributed by atoms with van der Waals surface area (Å²) in [5.41, 5.74) is 2.38. The van der Waals surface area contributed by atoms with Crippen LogP contribution in [-0.2, 0) is 0 Å². The van der Waals surface area contributed by atoms with Crippen molar-refractivity contribution >= 4 is 22.8 Å². The van der Waals surface area contributed by atoms with Crippen LogP contribution in [0.2, 0.25) is 0 Å². The molecule has 0 fully saturated rings. The standard InChI is InChI=1S/C21H19F6N5O2/c1-2-15(21(25,26)27)30-20(34)12-9-32(17-13(23)7-10(22)8-14(17)24)19-11(18(12)33)3-4-16(31-19)29-6-5-28/h3-4,7-9,15H,2,5-6,28H2,1H3,(H,29,31)(H,30,34)/t15-/m0/s1. The first-order chi connectivity index (χ1) is 16.0. The van der Waals surface area contributed by atoms with Crippen molar-refractivity contribution in [3.05, 3.63) is 63.7 Å². The Balaban J connectivity index is 2.28. The van der Waals surface area contributed by atoms with E-state index >= 15 is 0 Å². The fraction of sp³-hybridized carbons (Fsp3) is 0.286. The van der Waals surface area contributed by atoms with Gasteiger partial charge in [0, 0.05) is 31.4 Å². The molecule has 4 N–H and O–H groups in total. The molecule has 1 atom stereocenters. The number of aromatic nitrogens is 2. The fourth-order valence-corrected chi connectivity index (χ4v) is 3.25. The SMILES string of the molecule is CC[C@H](NC(=O)c1cn(-c2c(F)cc(F)cc2F)c2nc(NCCN)ccc2c1=O)C(F)(F)F. The minimum Gasteiger partial charge on any atom is -0.369 e. The van der Waals surface area contributed by atoms with E-state index in [-0.39, 0.29) is 29.9 Å². The molecule has 7 nitrogen and oxygen atoms in total. The molecule has 3 aromatic rings. The third kappa shape index (κ3) is 4.98. The van der Waals surface area contributed by atoms with Gasteiger partial charge < -0.3 is 16.4 Å². The molecule has 2 aromatic heterocycles. The van der Waals surface area contributed by atoms with Crippen molar-refractivity contribution in [2.45, 2.75) is 25.6 Å². The van der Waals surface area contributed by atoms with Crippen molar-refractivity contribution in [2.75, 3.05) is 18.4 Å². The van der Waals surface area contributed by atoms with E-state index in [1.54, 1.807) is 5.32 Å². The molecule has 0 spiro atoms.